The Morgan fingerprint density at radius 3 is 2.25 bits per heavy atom. The van der Waals surface area contributed by atoms with Crippen molar-refractivity contribution in [2.45, 2.75) is 6.04 Å². The number of nitrogens with two attached hydrogens (primary N) is 1. The molecule has 2 nitrogen and oxygen atoms in total. The van der Waals surface area contributed by atoms with E-state index in [9.17, 15) is 0 Å². The van der Waals surface area contributed by atoms with E-state index in [1.165, 1.54) is 0 Å². The molecule has 0 aromatic heterocycles. The van der Waals surface area contributed by atoms with Gasteiger partial charge in [-0.25, -0.2) is 0 Å². The minimum Gasteiger partial charge on any atom is -0.394 e. The average molecular weight is 206 g/mol. The summed E-state index contributed by atoms with van der Waals surface area (Å²) < 4.78 is 0. The summed E-state index contributed by atoms with van der Waals surface area (Å²) in [6.07, 6.45) is 0. The van der Waals surface area contributed by atoms with E-state index in [0.29, 0.717) is 15.6 Å². The highest BCUT2D eigenvalue weighted by atomic mass is 35.5. The van der Waals surface area contributed by atoms with E-state index in [0.717, 1.165) is 0 Å². The molecule has 0 heterocycles. The van der Waals surface area contributed by atoms with E-state index in [4.69, 9.17) is 34.0 Å². The van der Waals surface area contributed by atoms with Gasteiger partial charge in [0.1, 0.15) is 0 Å². The number of aliphatic hydroxyl groups is 1. The Kier molecular flexibility index (Phi) is 3.35. The Morgan fingerprint density at radius 2 is 1.83 bits per heavy atom. The highest BCUT2D eigenvalue weighted by Gasteiger charge is 2.12. The van der Waals surface area contributed by atoms with Crippen molar-refractivity contribution in [1.29, 1.82) is 0 Å². The summed E-state index contributed by atoms with van der Waals surface area (Å²) in [5.74, 6) is 0. The molecule has 66 valence electrons. The quantitative estimate of drug-likeness (QED) is 0.777. The molecule has 1 atom stereocenters. The fourth-order valence-corrected chi connectivity index (χ4v) is 1.63. The number of hydrogen-bond donors (Lipinski definition) is 2. The monoisotopic (exact) mass is 205 g/mol. The summed E-state index contributed by atoms with van der Waals surface area (Å²) >= 11 is 11.7. The molecule has 1 aromatic carbocycles. The van der Waals surface area contributed by atoms with Gasteiger partial charge in [-0.15, -0.1) is 0 Å². The third-order valence-electron chi connectivity index (χ3n) is 1.57. The van der Waals surface area contributed by atoms with E-state index in [1.54, 1.807) is 18.2 Å². The van der Waals surface area contributed by atoms with E-state index in [1.807, 2.05) is 0 Å². The number of rotatable bonds is 2. The summed E-state index contributed by atoms with van der Waals surface area (Å²) in [7, 11) is 0. The summed E-state index contributed by atoms with van der Waals surface area (Å²) in [4.78, 5) is 0. The van der Waals surface area contributed by atoms with E-state index >= 15 is 0 Å². The molecule has 1 aromatic rings. The van der Waals surface area contributed by atoms with Gasteiger partial charge < -0.3 is 10.8 Å². The lowest BCUT2D eigenvalue weighted by Crippen LogP contribution is -2.15. The second-order valence-corrected chi connectivity index (χ2v) is 3.24. The Bertz CT molecular complexity index is 258. The zero-order chi connectivity index (χ0) is 9.14. The van der Waals surface area contributed by atoms with Crippen LogP contribution in [-0.4, -0.2) is 11.7 Å². The fraction of sp³-hybridized carbons (Fsp3) is 0.250. The van der Waals surface area contributed by atoms with Gasteiger partial charge >= 0.3 is 0 Å². The van der Waals surface area contributed by atoms with Gasteiger partial charge in [0, 0.05) is 15.6 Å². The molecule has 12 heavy (non-hydrogen) atoms. The number of aliphatic hydroxyl groups excluding tert-OH is 1. The zero-order valence-corrected chi connectivity index (χ0v) is 7.81. The Labute approximate surface area is 80.9 Å². The minimum absolute atomic E-state index is 0.163. The highest BCUT2D eigenvalue weighted by molar-refractivity contribution is 6.36. The first-order chi connectivity index (χ1) is 5.66. The molecule has 0 amide bonds. The third-order valence-corrected chi connectivity index (χ3v) is 2.23. The lowest BCUT2D eigenvalue weighted by Gasteiger charge is -2.11. The lowest BCUT2D eigenvalue weighted by atomic mass is 10.1. The molecular weight excluding hydrogens is 197 g/mol. The van der Waals surface area contributed by atoms with Crippen LogP contribution in [0.25, 0.3) is 0 Å². The van der Waals surface area contributed by atoms with Crippen LogP contribution < -0.4 is 5.73 Å². The molecule has 0 aliphatic carbocycles. The number of benzene rings is 1. The Morgan fingerprint density at radius 1 is 1.33 bits per heavy atom. The summed E-state index contributed by atoms with van der Waals surface area (Å²) in [6.45, 7) is -0.163. The molecule has 0 saturated heterocycles. The van der Waals surface area contributed by atoms with Crippen LogP contribution >= 0.6 is 23.2 Å². The second-order valence-electron chi connectivity index (χ2n) is 2.42. The molecule has 0 unspecified atom stereocenters. The van der Waals surface area contributed by atoms with Crippen LogP contribution in [0.15, 0.2) is 18.2 Å². The first-order valence-corrected chi connectivity index (χ1v) is 4.22. The predicted octanol–water partition coefficient (Wildman–Crippen LogP) is 1.99. The van der Waals surface area contributed by atoms with Crippen molar-refractivity contribution in [1.82, 2.24) is 0 Å². The smallest absolute Gasteiger partial charge is 0.0625 e. The van der Waals surface area contributed by atoms with E-state index < -0.39 is 6.04 Å². The van der Waals surface area contributed by atoms with Gasteiger partial charge in [-0.1, -0.05) is 29.3 Å². The zero-order valence-electron chi connectivity index (χ0n) is 6.30. The SMILES string of the molecule is N[C@@H](CO)c1c(Cl)cccc1Cl. The van der Waals surface area contributed by atoms with Crippen molar-refractivity contribution >= 4 is 23.2 Å². The first kappa shape index (κ1) is 9.81. The summed E-state index contributed by atoms with van der Waals surface area (Å²) in [5.41, 5.74) is 6.18. The molecule has 0 fully saturated rings. The van der Waals surface area contributed by atoms with Crippen LogP contribution in [0.3, 0.4) is 0 Å². The molecule has 0 spiro atoms. The molecule has 0 aliphatic rings. The van der Waals surface area contributed by atoms with Gasteiger partial charge in [0.25, 0.3) is 0 Å². The molecule has 0 saturated carbocycles. The molecular formula is C8H9Cl2NO. The van der Waals surface area contributed by atoms with Crippen LogP contribution in [0.2, 0.25) is 10.0 Å². The average Bonchev–Trinajstić information content (AvgIpc) is 2.03. The first-order valence-electron chi connectivity index (χ1n) is 3.47. The number of hydrogen-bond acceptors (Lipinski definition) is 2. The maximum atomic E-state index is 8.79. The molecule has 4 heteroatoms. The van der Waals surface area contributed by atoms with Crippen molar-refractivity contribution in [2.75, 3.05) is 6.61 Å². The van der Waals surface area contributed by atoms with Crippen molar-refractivity contribution in [3.8, 4) is 0 Å². The summed E-state index contributed by atoms with van der Waals surface area (Å²) in [5, 5.41) is 9.77. The normalized spacial score (nSPS) is 13.0. The third kappa shape index (κ3) is 1.90. The van der Waals surface area contributed by atoms with E-state index in [2.05, 4.69) is 0 Å². The lowest BCUT2D eigenvalue weighted by molar-refractivity contribution is 0.268. The van der Waals surface area contributed by atoms with Gasteiger partial charge in [0.15, 0.2) is 0 Å². The largest absolute Gasteiger partial charge is 0.394 e. The van der Waals surface area contributed by atoms with Crippen LogP contribution in [0.5, 0.6) is 0 Å². The van der Waals surface area contributed by atoms with Crippen molar-refractivity contribution in [3.63, 3.8) is 0 Å². The second kappa shape index (κ2) is 4.10. The van der Waals surface area contributed by atoms with Crippen molar-refractivity contribution in [2.24, 2.45) is 5.73 Å². The van der Waals surface area contributed by atoms with Crippen molar-refractivity contribution < 1.29 is 5.11 Å². The Balaban J connectivity index is 3.12. The fourth-order valence-electron chi connectivity index (χ4n) is 0.956. The van der Waals surface area contributed by atoms with Gasteiger partial charge in [0.05, 0.1) is 12.6 Å². The van der Waals surface area contributed by atoms with Gasteiger partial charge in [-0.05, 0) is 12.1 Å². The van der Waals surface area contributed by atoms with Gasteiger partial charge in [-0.3, -0.25) is 0 Å². The molecule has 3 N–H and O–H groups in total. The van der Waals surface area contributed by atoms with Crippen LogP contribution in [0, 0.1) is 0 Å². The maximum absolute atomic E-state index is 8.79. The van der Waals surface area contributed by atoms with Crippen LogP contribution in [-0.2, 0) is 0 Å². The maximum Gasteiger partial charge on any atom is 0.0625 e. The minimum atomic E-state index is -0.508. The van der Waals surface area contributed by atoms with Crippen LogP contribution in [0.4, 0.5) is 0 Å². The molecule has 0 radical (unpaired) electrons. The topological polar surface area (TPSA) is 46.2 Å². The van der Waals surface area contributed by atoms with Gasteiger partial charge in [-0.2, -0.15) is 0 Å². The molecule has 1 rings (SSSR count). The van der Waals surface area contributed by atoms with Gasteiger partial charge in [0.2, 0.25) is 0 Å². The number of halogens is 2. The standard InChI is InChI=1S/C8H9Cl2NO/c9-5-2-1-3-6(10)8(5)7(11)4-12/h1-3,7,12H,4,11H2/t7-/m0/s1. The predicted molar refractivity (Wildman–Crippen MR) is 50.5 cm³/mol. The van der Waals surface area contributed by atoms with E-state index in [-0.39, 0.29) is 6.61 Å². The highest BCUT2D eigenvalue weighted by Crippen LogP contribution is 2.28. The van der Waals surface area contributed by atoms with Crippen molar-refractivity contribution in [3.05, 3.63) is 33.8 Å². The Hall–Kier alpha value is -0.280. The molecule has 0 bridgehead atoms. The van der Waals surface area contributed by atoms with Crippen LogP contribution in [0.1, 0.15) is 11.6 Å². The summed E-state index contributed by atoms with van der Waals surface area (Å²) in [6, 6.07) is 4.61. The molecule has 0 aliphatic heterocycles.